The van der Waals surface area contributed by atoms with E-state index in [1.54, 1.807) is 30.3 Å². The molecule has 0 aromatic heterocycles. The molecule has 2 nitrogen and oxygen atoms in total. The molecule has 0 aliphatic rings. The van der Waals surface area contributed by atoms with Gasteiger partial charge in [-0.05, 0) is 41.8 Å². The molecule has 0 saturated carbocycles. The van der Waals surface area contributed by atoms with E-state index in [9.17, 15) is 8.78 Å². The third-order valence-corrected chi connectivity index (χ3v) is 3.31. The average Bonchev–Trinajstić information content (AvgIpc) is 2.56. The Balaban J connectivity index is 2.15. The molecule has 0 bridgehead atoms. The molecule has 0 aliphatic heterocycles. The van der Waals surface area contributed by atoms with Gasteiger partial charge in [-0.2, -0.15) is 0 Å². The van der Waals surface area contributed by atoms with Gasteiger partial charge in [0.2, 0.25) is 0 Å². The molecule has 0 fully saturated rings. The SMILES string of the molecule is C=Cc1ccc(Oc2ccc(COCCC)c(C(F)F)c2)cc1. The maximum atomic E-state index is 13.2. The van der Waals surface area contributed by atoms with E-state index in [-0.39, 0.29) is 12.2 Å². The lowest BCUT2D eigenvalue weighted by atomic mass is 10.1. The van der Waals surface area contributed by atoms with Crippen LogP contribution >= 0.6 is 0 Å². The molecule has 0 heterocycles. The Morgan fingerprint density at radius 2 is 1.78 bits per heavy atom. The van der Waals surface area contributed by atoms with Crippen molar-refractivity contribution in [3.63, 3.8) is 0 Å². The Morgan fingerprint density at radius 3 is 2.39 bits per heavy atom. The van der Waals surface area contributed by atoms with Crippen LogP contribution in [0.3, 0.4) is 0 Å². The largest absolute Gasteiger partial charge is 0.457 e. The summed E-state index contributed by atoms with van der Waals surface area (Å²) >= 11 is 0. The summed E-state index contributed by atoms with van der Waals surface area (Å²) in [5.74, 6) is 0.969. The van der Waals surface area contributed by atoms with Crippen molar-refractivity contribution in [3.05, 3.63) is 65.7 Å². The van der Waals surface area contributed by atoms with Crippen molar-refractivity contribution in [2.24, 2.45) is 0 Å². The lowest BCUT2D eigenvalue weighted by molar-refractivity contribution is 0.112. The summed E-state index contributed by atoms with van der Waals surface area (Å²) in [6, 6.07) is 11.9. The van der Waals surface area contributed by atoms with Gasteiger partial charge in [-0.15, -0.1) is 0 Å². The van der Waals surface area contributed by atoms with Crippen molar-refractivity contribution < 1.29 is 18.3 Å². The van der Waals surface area contributed by atoms with Crippen LogP contribution in [0.15, 0.2) is 49.0 Å². The molecule has 0 aliphatic carbocycles. The van der Waals surface area contributed by atoms with Gasteiger partial charge in [0.15, 0.2) is 0 Å². The topological polar surface area (TPSA) is 18.5 Å². The summed E-state index contributed by atoms with van der Waals surface area (Å²) in [5, 5.41) is 0. The third kappa shape index (κ3) is 4.89. The first-order valence-electron chi connectivity index (χ1n) is 7.53. The van der Waals surface area contributed by atoms with E-state index in [4.69, 9.17) is 9.47 Å². The average molecular weight is 318 g/mol. The zero-order chi connectivity index (χ0) is 16.7. The maximum Gasteiger partial charge on any atom is 0.264 e. The monoisotopic (exact) mass is 318 g/mol. The van der Waals surface area contributed by atoms with E-state index in [1.807, 2.05) is 19.1 Å². The van der Waals surface area contributed by atoms with Gasteiger partial charge >= 0.3 is 0 Å². The Labute approximate surface area is 135 Å². The molecule has 0 spiro atoms. The second-order valence-corrected chi connectivity index (χ2v) is 5.09. The first kappa shape index (κ1) is 17.2. The Kier molecular flexibility index (Phi) is 6.29. The molecule has 0 radical (unpaired) electrons. The van der Waals surface area contributed by atoms with Crippen molar-refractivity contribution in [2.75, 3.05) is 6.61 Å². The first-order chi connectivity index (χ1) is 11.1. The molecule has 2 aromatic rings. The molecule has 122 valence electrons. The predicted octanol–water partition coefficient (Wildman–Crippen LogP) is 5.99. The molecule has 0 amide bonds. The molecule has 23 heavy (non-hydrogen) atoms. The van der Waals surface area contributed by atoms with Gasteiger partial charge in [-0.3, -0.25) is 0 Å². The fourth-order valence-corrected chi connectivity index (χ4v) is 2.11. The highest BCUT2D eigenvalue weighted by molar-refractivity contribution is 5.49. The quantitative estimate of drug-likeness (QED) is 0.557. The molecule has 0 unspecified atom stereocenters. The normalized spacial score (nSPS) is 10.8. The van der Waals surface area contributed by atoms with Gasteiger partial charge in [0.05, 0.1) is 6.61 Å². The van der Waals surface area contributed by atoms with Gasteiger partial charge in [0.25, 0.3) is 6.43 Å². The van der Waals surface area contributed by atoms with Crippen molar-refractivity contribution in [3.8, 4) is 11.5 Å². The Morgan fingerprint density at radius 1 is 1.09 bits per heavy atom. The van der Waals surface area contributed by atoms with Gasteiger partial charge in [0, 0.05) is 12.2 Å². The van der Waals surface area contributed by atoms with Crippen LogP contribution in [0.25, 0.3) is 6.08 Å². The van der Waals surface area contributed by atoms with Crippen LogP contribution in [-0.2, 0) is 11.3 Å². The minimum atomic E-state index is -2.57. The number of benzene rings is 2. The fourth-order valence-electron chi connectivity index (χ4n) is 2.11. The van der Waals surface area contributed by atoms with Crippen LogP contribution in [-0.4, -0.2) is 6.61 Å². The highest BCUT2D eigenvalue weighted by Crippen LogP contribution is 2.30. The molecular weight excluding hydrogens is 298 g/mol. The van der Waals surface area contributed by atoms with Gasteiger partial charge in [-0.1, -0.05) is 37.8 Å². The summed E-state index contributed by atoms with van der Waals surface area (Å²) in [6.07, 6.45) is 0.0114. The number of ether oxygens (including phenoxy) is 2. The van der Waals surface area contributed by atoms with Crippen molar-refractivity contribution >= 4 is 6.08 Å². The highest BCUT2D eigenvalue weighted by atomic mass is 19.3. The van der Waals surface area contributed by atoms with E-state index >= 15 is 0 Å². The van der Waals surface area contributed by atoms with Crippen LogP contribution in [0.4, 0.5) is 8.78 Å². The van der Waals surface area contributed by atoms with Crippen molar-refractivity contribution in [2.45, 2.75) is 26.4 Å². The minimum absolute atomic E-state index is 0.0543. The molecule has 0 N–H and O–H groups in total. The molecule has 2 aromatic carbocycles. The van der Waals surface area contributed by atoms with Crippen LogP contribution in [0, 0.1) is 0 Å². The van der Waals surface area contributed by atoms with Crippen LogP contribution < -0.4 is 4.74 Å². The molecular formula is C19H20F2O2. The smallest absolute Gasteiger partial charge is 0.264 e. The minimum Gasteiger partial charge on any atom is -0.457 e. The fraction of sp³-hybridized carbons (Fsp3) is 0.263. The van der Waals surface area contributed by atoms with E-state index in [1.165, 1.54) is 6.07 Å². The molecule has 2 rings (SSSR count). The number of rotatable bonds is 8. The summed E-state index contributed by atoms with van der Waals surface area (Å²) in [5.41, 5.74) is 1.40. The van der Waals surface area contributed by atoms with Gasteiger partial charge in [-0.25, -0.2) is 8.78 Å². The summed E-state index contributed by atoms with van der Waals surface area (Å²) in [4.78, 5) is 0. The van der Waals surface area contributed by atoms with Crippen molar-refractivity contribution in [1.82, 2.24) is 0 Å². The van der Waals surface area contributed by atoms with Crippen molar-refractivity contribution in [1.29, 1.82) is 0 Å². The number of halogens is 2. The van der Waals surface area contributed by atoms with Crippen LogP contribution in [0.2, 0.25) is 0 Å². The predicted molar refractivity (Wildman–Crippen MR) is 88.0 cm³/mol. The summed E-state index contributed by atoms with van der Waals surface area (Å²) in [7, 11) is 0. The first-order valence-corrected chi connectivity index (χ1v) is 7.53. The maximum absolute atomic E-state index is 13.2. The third-order valence-electron chi connectivity index (χ3n) is 3.31. The van der Waals surface area contributed by atoms with E-state index in [2.05, 4.69) is 6.58 Å². The Hall–Kier alpha value is -2.20. The lowest BCUT2D eigenvalue weighted by Gasteiger charge is -2.12. The molecule has 4 heteroatoms. The van der Waals surface area contributed by atoms with E-state index in [0.717, 1.165) is 12.0 Å². The second-order valence-electron chi connectivity index (χ2n) is 5.09. The summed E-state index contributed by atoms with van der Waals surface area (Å²) in [6.45, 7) is 6.39. The number of hydrogen-bond donors (Lipinski definition) is 0. The second kappa shape index (κ2) is 8.44. The lowest BCUT2D eigenvalue weighted by Crippen LogP contribution is -2.00. The highest BCUT2D eigenvalue weighted by Gasteiger charge is 2.14. The number of hydrogen-bond acceptors (Lipinski definition) is 2. The molecule has 0 atom stereocenters. The van der Waals surface area contributed by atoms with Gasteiger partial charge in [0.1, 0.15) is 11.5 Å². The Bertz CT molecular complexity index is 636. The molecule has 0 saturated heterocycles. The standard InChI is InChI=1S/C19H20F2O2/c1-3-11-22-13-15-7-10-17(12-18(15)19(20)21)23-16-8-5-14(4-2)6-9-16/h4-10,12,19H,2-3,11,13H2,1H3. The van der Waals surface area contributed by atoms with Crippen LogP contribution in [0.1, 0.15) is 36.5 Å². The number of alkyl halides is 2. The van der Waals surface area contributed by atoms with E-state index in [0.29, 0.717) is 23.7 Å². The van der Waals surface area contributed by atoms with E-state index < -0.39 is 6.43 Å². The van der Waals surface area contributed by atoms with Gasteiger partial charge < -0.3 is 9.47 Å². The zero-order valence-corrected chi connectivity index (χ0v) is 13.1. The summed E-state index contributed by atoms with van der Waals surface area (Å²) < 4.78 is 37.5. The van der Waals surface area contributed by atoms with Crippen LogP contribution in [0.5, 0.6) is 11.5 Å². The zero-order valence-electron chi connectivity index (χ0n) is 13.1.